The van der Waals surface area contributed by atoms with E-state index in [9.17, 15) is 0 Å². The summed E-state index contributed by atoms with van der Waals surface area (Å²) in [4.78, 5) is 0. The van der Waals surface area contributed by atoms with E-state index in [0.717, 1.165) is 0 Å². The van der Waals surface area contributed by atoms with Crippen molar-refractivity contribution in [2.24, 2.45) is 5.92 Å². The van der Waals surface area contributed by atoms with Gasteiger partial charge in [0, 0.05) is 0 Å². The summed E-state index contributed by atoms with van der Waals surface area (Å²) in [5, 5.41) is 0. The predicted octanol–water partition coefficient (Wildman–Crippen LogP) is 1.54. The molecule has 0 aromatic rings. The molecule has 1 nitrogen and oxygen atoms in total. The van der Waals surface area contributed by atoms with Gasteiger partial charge in [-0.25, -0.2) is 0 Å². The largest absolute Gasteiger partial charge is 0.370 e. The molecule has 2 aliphatic rings. The van der Waals surface area contributed by atoms with E-state index in [1.807, 2.05) is 6.08 Å². The Bertz CT molecular complexity index is 131. The van der Waals surface area contributed by atoms with Crippen LogP contribution in [-0.4, -0.2) is 12.2 Å². The zero-order valence-corrected chi connectivity index (χ0v) is 5.42. The lowest BCUT2D eigenvalue weighted by molar-refractivity contribution is 0.370. The molecule has 0 aromatic heterocycles. The molecule has 0 aromatic carbocycles. The van der Waals surface area contributed by atoms with Crippen LogP contribution in [0.1, 0.15) is 19.3 Å². The third-order valence-electron chi connectivity index (χ3n) is 2.32. The molecule has 2 rings (SSSR count). The number of ether oxygens (including phenoxy) is 1. The Kier molecular flexibility index (Phi) is 1.12. The highest BCUT2D eigenvalue weighted by Crippen LogP contribution is 2.39. The van der Waals surface area contributed by atoms with Gasteiger partial charge in [0.05, 0.1) is 12.2 Å². The summed E-state index contributed by atoms with van der Waals surface area (Å²) in [6, 6.07) is 0. The molecule has 3 unspecified atom stereocenters. The van der Waals surface area contributed by atoms with E-state index in [-0.39, 0.29) is 0 Å². The first-order chi connectivity index (χ1) is 4.40. The van der Waals surface area contributed by atoms with Crippen molar-refractivity contribution in [3.05, 3.63) is 12.7 Å². The third kappa shape index (κ3) is 0.897. The monoisotopic (exact) mass is 123 g/mol. The maximum Gasteiger partial charge on any atom is 0.0847 e. The van der Waals surface area contributed by atoms with E-state index < -0.39 is 0 Å². The fourth-order valence-electron chi connectivity index (χ4n) is 1.61. The quantitative estimate of drug-likeness (QED) is 0.482. The maximum atomic E-state index is 5.40. The van der Waals surface area contributed by atoms with Gasteiger partial charge in [0.1, 0.15) is 0 Å². The zero-order valence-electron chi connectivity index (χ0n) is 5.42. The lowest BCUT2D eigenvalue weighted by Crippen LogP contribution is -2.10. The van der Waals surface area contributed by atoms with Gasteiger partial charge in [-0.05, 0) is 25.2 Å². The fourth-order valence-corrected chi connectivity index (χ4v) is 1.61. The molecule has 3 atom stereocenters. The van der Waals surface area contributed by atoms with Crippen LogP contribution in [0.15, 0.2) is 6.08 Å². The summed E-state index contributed by atoms with van der Waals surface area (Å²) >= 11 is 0. The van der Waals surface area contributed by atoms with Crippen molar-refractivity contribution in [1.29, 1.82) is 0 Å². The Labute approximate surface area is 55.7 Å². The molecular weight excluding hydrogens is 112 g/mol. The van der Waals surface area contributed by atoms with Gasteiger partial charge in [-0.2, -0.15) is 0 Å². The molecule has 1 saturated carbocycles. The standard InChI is InChI=1S/C8H11O/c1-2-6-3-4-7-8(5-6)9-7/h1-2,6-8H,3-5H2. The van der Waals surface area contributed by atoms with E-state index in [2.05, 4.69) is 0 Å². The molecule has 0 amide bonds. The highest BCUT2D eigenvalue weighted by atomic mass is 16.6. The molecule has 1 aliphatic carbocycles. The van der Waals surface area contributed by atoms with E-state index in [1.54, 1.807) is 0 Å². The van der Waals surface area contributed by atoms with E-state index in [4.69, 9.17) is 11.3 Å². The topological polar surface area (TPSA) is 12.5 Å². The number of epoxide rings is 1. The Morgan fingerprint density at radius 2 is 2.22 bits per heavy atom. The van der Waals surface area contributed by atoms with Crippen molar-refractivity contribution in [2.45, 2.75) is 31.5 Å². The Hall–Kier alpha value is -0.300. The van der Waals surface area contributed by atoms with Gasteiger partial charge in [0.25, 0.3) is 0 Å². The first-order valence-electron chi connectivity index (χ1n) is 3.60. The van der Waals surface area contributed by atoms with Gasteiger partial charge in [-0.3, -0.25) is 0 Å². The Balaban J connectivity index is 1.93. The zero-order chi connectivity index (χ0) is 6.27. The smallest absolute Gasteiger partial charge is 0.0847 e. The summed E-state index contributed by atoms with van der Waals surface area (Å²) in [6.45, 7) is 5.40. The SMILES string of the molecule is [CH]=CC1CCC2OC2C1. The van der Waals surface area contributed by atoms with Gasteiger partial charge in [-0.1, -0.05) is 12.7 Å². The second-order valence-corrected chi connectivity index (χ2v) is 2.98. The van der Waals surface area contributed by atoms with Crippen LogP contribution in [0.3, 0.4) is 0 Å². The number of hydrogen-bond acceptors (Lipinski definition) is 1. The molecule has 1 heterocycles. The van der Waals surface area contributed by atoms with E-state index in [1.165, 1.54) is 19.3 Å². The van der Waals surface area contributed by atoms with Crippen molar-refractivity contribution in [3.63, 3.8) is 0 Å². The Morgan fingerprint density at radius 1 is 1.33 bits per heavy atom. The summed E-state index contributed by atoms with van der Waals surface area (Å²) in [5.74, 6) is 0.633. The minimum absolute atomic E-state index is 0.573. The predicted molar refractivity (Wildman–Crippen MR) is 34.9 cm³/mol. The molecule has 0 N–H and O–H groups in total. The first kappa shape index (κ1) is 5.48. The average Bonchev–Trinajstić information content (AvgIpc) is 2.64. The van der Waals surface area contributed by atoms with Crippen molar-refractivity contribution >= 4 is 0 Å². The van der Waals surface area contributed by atoms with Gasteiger partial charge in [0.2, 0.25) is 0 Å². The minimum atomic E-state index is 0.573. The number of hydrogen-bond donors (Lipinski definition) is 0. The molecule has 0 bridgehead atoms. The second-order valence-electron chi connectivity index (χ2n) is 2.98. The molecule has 1 saturated heterocycles. The van der Waals surface area contributed by atoms with E-state index >= 15 is 0 Å². The summed E-state index contributed by atoms with van der Waals surface area (Å²) < 4.78 is 5.33. The number of fused-ring (bicyclic) bond motifs is 1. The van der Waals surface area contributed by atoms with Crippen molar-refractivity contribution < 1.29 is 4.74 Å². The van der Waals surface area contributed by atoms with Crippen LogP contribution in [0.2, 0.25) is 0 Å². The average molecular weight is 123 g/mol. The number of allylic oxidation sites excluding steroid dienone is 1. The van der Waals surface area contributed by atoms with Crippen LogP contribution < -0.4 is 0 Å². The van der Waals surface area contributed by atoms with Gasteiger partial charge in [0.15, 0.2) is 0 Å². The van der Waals surface area contributed by atoms with Gasteiger partial charge < -0.3 is 4.74 Å². The molecule has 9 heavy (non-hydrogen) atoms. The lowest BCUT2D eigenvalue weighted by Gasteiger charge is -2.12. The number of rotatable bonds is 1. The van der Waals surface area contributed by atoms with Crippen LogP contribution in [0.4, 0.5) is 0 Å². The van der Waals surface area contributed by atoms with Crippen molar-refractivity contribution in [1.82, 2.24) is 0 Å². The normalized spacial score (nSPS) is 47.8. The molecular formula is C8H11O. The van der Waals surface area contributed by atoms with Crippen LogP contribution in [0, 0.1) is 12.5 Å². The van der Waals surface area contributed by atoms with E-state index in [0.29, 0.717) is 18.1 Å². The van der Waals surface area contributed by atoms with Crippen LogP contribution in [0.25, 0.3) is 0 Å². The summed E-state index contributed by atoms with van der Waals surface area (Å²) in [7, 11) is 0. The third-order valence-corrected chi connectivity index (χ3v) is 2.32. The highest BCUT2D eigenvalue weighted by Gasteiger charge is 2.42. The van der Waals surface area contributed by atoms with Gasteiger partial charge >= 0.3 is 0 Å². The Morgan fingerprint density at radius 3 is 2.89 bits per heavy atom. The second kappa shape index (κ2) is 1.84. The van der Waals surface area contributed by atoms with Crippen molar-refractivity contribution in [3.8, 4) is 0 Å². The molecule has 2 fully saturated rings. The highest BCUT2D eigenvalue weighted by molar-refractivity contribution is 4.95. The maximum absolute atomic E-state index is 5.40. The lowest BCUT2D eigenvalue weighted by atomic mass is 9.90. The molecule has 49 valence electrons. The van der Waals surface area contributed by atoms with Crippen LogP contribution >= 0.6 is 0 Å². The molecule has 1 aliphatic heterocycles. The van der Waals surface area contributed by atoms with Gasteiger partial charge in [-0.15, -0.1) is 0 Å². The molecule has 1 heteroatoms. The summed E-state index contributed by atoms with van der Waals surface area (Å²) in [5.41, 5.74) is 0. The van der Waals surface area contributed by atoms with Crippen molar-refractivity contribution in [2.75, 3.05) is 0 Å². The minimum Gasteiger partial charge on any atom is -0.370 e. The first-order valence-corrected chi connectivity index (χ1v) is 3.60. The molecule has 0 spiro atoms. The van der Waals surface area contributed by atoms with Crippen LogP contribution in [0.5, 0.6) is 0 Å². The fraction of sp³-hybridized carbons (Fsp3) is 0.750. The summed E-state index contributed by atoms with van der Waals surface area (Å²) in [6.07, 6.45) is 6.63. The molecule has 1 radical (unpaired) electrons. The van der Waals surface area contributed by atoms with Crippen LogP contribution in [-0.2, 0) is 4.74 Å².